The monoisotopic (exact) mass is 345 g/mol. The molecule has 0 spiro atoms. The molecular weight excluding hydrogens is 322 g/mol. The Morgan fingerprint density at radius 1 is 1.17 bits per heavy atom. The first kappa shape index (κ1) is 18.3. The maximum atomic E-state index is 12.3. The summed E-state index contributed by atoms with van der Waals surface area (Å²) in [5.41, 5.74) is 2.04. The van der Waals surface area contributed by atoms with Crippen LogP contribution in [0.3, 0.4) is 0 Å². The Morgan fingerprint density at radius 3 is 2.50 bits per heavy atom. The highest BCUT2D eigenvalue weighted by Crippen LogP contribution is 2.22. The number of ether oxygens (including phenoxy) is 1. The van der Waals surface area contributed by atoms with Crippen LogP contribution in [0.15, 0.2) is 48.5 Å². The predicted molar refractivity (Wildman–Crippen MR) is 98.5 cm³/mol. The van der Waals surface area contributed by atoms with Gasteiger partial charge in [-0.05, 0) is 48.6 Å². The maximum Gasteiger partial charge on any atom is 0.258 e. The lowest BCUT2D eigenvalue weighted by Crippen LogP contribution is -2.33. The fourth-order valence-corrected chi connectivity index (χ4v) is 2.64. The van der Waals surface area contributed by atoms with Crippen LogP contribution in [0, 0.1) is 12.8 Å². The standard InChI is InChI=1S/C20H24ClNO2/c1-14(2)11-19(16-7-5-4-6-8-16)22-20(23)13-24-17-9-10-18(21)15(3)12-17/h4-10,12,14,19H,11,13H2,1-3H3,(H,22,23). The zero-order chi connectivity index (χ0) is 17.5. The van der Waals surface area contributed by atoms with Gasteiger partial charge in [-0.25, -0.2) is 0 Å². The van der Waals surface area contributed by atoms with Crippen LogP contribution in [0.1, 0.15) is 37.4 Å². The van der Waals surface area contributed by atoms with Crippen molar-refractivity contribution in [3.05, 3.63) is 64.7 Å². The second kappa shape index (κ2) is 8.74. The third-order valence-corrected chi connectivity index (χ3v) is 4.17. The molecule has 2 aromatic carbocycles. The highest BCUT2D eigenvalue weighted by molar-refractivity contribution is 6.31. The molecule has 0 aliphatic carbocycles. The van der Waals surface area contributed by atoms with E-state index in [0.717, 1.165) is 17.5 Å². The van der Waals surface area contributed by atoms with Crippen molar-refractivity contribution in [1.29, 1.82) is 0 Å². The molecule has 0 saturated carbocycles. The molecular formula is C20H24ClNO2. The molecule has 1 amide bonds. The van der Waals surface area contributed by atoms with Gasteiger partial charge in [0, 0.05) is 5.02 Å². The molecule has 0 bridgehead atoms. The van der Waals surface area contributed by atoms with Gasteiger partial charge in [0.25, 0.3) is 5.91 Å². The van der Waals surface area contributed by atoms with Crippen LogP contribution in [-0.4, -0.2) is 12.5 Å². The van der Waals surface area contributed by atoms with E-state index in [1.165, 1.54) is 0 Å². The van der Waals surface area contributed by atoms with Gasteiger partial charge in [0.1, 0.15) is 5.75 Å². The summed E-state index contributed by atoms with van der Waals surface area (Å²) in [7, 11) is 0. The molecule has 0 saturated heterocycles. The quantitative estimate of drug-likeness (QED) is 0.772. The van der Waals surface area contributed by atoms with Crippen LogP contribution >= 0.6 is 11.6 Å². The normalized spacial score (nSPS) is 12.0. The van der Waals surface area contributed by atoms with Crippen molar-refractivity contribution < 1.29 is 9.53 Å². The maximum absolute atomic E-state index is 12.3. The smallest absolute Gasteiger partial charge is 0.258 e. The molecule has 3 nitrogen and oxygen atoms in total. The van der Waals surface area contributed by atoms with Crippen molar-refractivity contribution in [2.75, 3.05) is 6.61 Å². The molecule has 4 heteroatoms. The molecule has 1 N–H and O–H groups in total. The van der Waals surface area contributed by atoms with Gasteiger partial charge >= 0.3 is 0 Å². The third-order valence-electron chi connectivity index (χ3n) is 3.74. The Kier molecular flexibility index (Phi) is 6.68. The van der Waals surface area contributed by atoms with Crippen molar-refractivity contribution in [1.82, 2.24) is 5.32 Å². The Hall–Kier alpha value is -2.00. The number of rotatable bonds is 7. The second-order valence-electron chi connectivity index (χ2n) is 6.36. The summed E-state index contributed by atoms with van der Waals surface area (Å²) < 4.78 is 5.57. The average Bonchev–Trinajstić information content (AvgIpc) is 2.56. The van der Waals surface area contributed by atoms with Crippen molar-refractivity contribution in [2.45, 2.75) is 33.2 Å². The molecule has 0 aliphatic heterocycles. The van der Waals surface area contributed by atoms with E-state index in [4.69, 9.17) is 16.3 Å². The molecule has 24 heavy (non-hydrogen) atoms. The van der Waals surface area contributed by atoms with E-state index in [-0.39, 0.29) is 18.6 Å². The minimum absolute atomic E-state index is 0.00532. The minimum atomic E-state index is -0.128. The van der Waals surface area contributed by atoms with Crippen LogP contribution in [0.4, 0.5) is 0 Å². The average molecular weight is 346 g/mol. The Balaban J connectivity index is 1.96. The van der Waals surface area contributed by atoms with Gasteiger partial charge < -0.3 is 10.1 Å². The Labute approximate surface area is 149 Å². The van der Waals surface area contributed by atoms with Gasteiger partial charge in [0.15, 0.2) is 6.61 Å². The lowest BCUT2D eigenvalue weighted by molar-refractivity contribution is -0.124. The highest BCUT2D eigenvalue weighted by Gasteiger charge is 2.16. The number of hydrogen-bond donors (Lipinski definition) is 1. The Bertz CT molecular complexity index is 671. The van der Waals surface area contributed by atoms with Gasteiger partial charge in [-0.2, -0.15) is 0 Å². The van der Waals surface area contributed by atoms with E-state index in [0.29, 0.717) is 16.7 Å². The first-order valence-corrected chi connectivity index (χ1v) is 8.56. The molecule has 0 radical (unpaired) electrons. The topological polar surface area (TPSA) is 38.3 Å². The predicted octanol–water partition coefficient (Wildman–Crippen LogP) is 4.93. The SMILES string of the molecule is Cc1cc(OCC(=O)NC(CC(C)C)c2ccccc2)ccc1Cl. The summed E-state index contributed by atoms with van der Waals surface area (Å²) in [6, 6.07) is 15.4. The summed E-state index contributed by atoms with van der Waals surface area (Å²) in [6.45, 7) is 6.19. The van der Waals surface area contributed by atoms with E-state index in [2.05, 4.69) is 19.2 Å². The number of amides is 1. The first-order chi connectivity index (χ1) is 11.5. The molecule has 1 atom stereocenters. The minimum Gasteiger partial charge on any atom is -0.484 e. The number of nitrogens with one attached hydrogen (secondary N) is 1. The van der Waals surface area contributed by atoms with Gasteiger partial charge in [-0.15, -0.1) is 0 Å². The first-order valence-electron chi connectivity index (χ1n) is 8.19. The molecule has 2 rings (SSSR count). The number of carbonyl (C=O) groups excluding carboxylic acids is 1. The van der Waals surface area contributed by atoms with Gasteiger partial charge in [-0.1, -0.05) is 55.8 Å². The van der Waals surface area contributed by atoms with E-state index in [1.807, 2.05) is 43.3 Å². The van der Waals surface area contributed by atoms with Crippen LogP contribution in [0.5, 0.6) is 5.75 Å². The van der Waals surface area contributed by atoms with Crippen molar-refractivity contribution >= 4 is 17.5 Å². The molecule has 2 aromatic rings. The van der Waals surface area contributed by atoms with Crippen molar-refractivity contribution in [3.63, 3.8) is 0 Å². The summed E-state index contributed by atoms with van der Waals surface area (Å²) in [5.74, 6) is 1.000. The summed E-state index contributed by atoms with van der Waals surface area (Å²) in [4.78, 5) is 12.3. The highest BCUT2D eigenvalue weighted by atomic mass is 35.5. The molecule has 128 valence electrons. The van der Waals surface area contributed by atoms with Crippen LogP contribution < -0.4 is 10.1 Å². The number of halogens is 1. The van der Waals surface area contributed by atoms with Gasteiger partial charge in [-0.3, -0.25) is 4.79 Å². The fraction of sp³-hybridized carbons (Fsp3) is 0.350. The molecule has 0 aliphatic rings. The number of carbonyl (C=O) groups is 1. The summed E-state index contributed by atoms with van der Waals surface area (Å²) in [6.07, 6.45) is 0.885. The fourth-order valence-electron chi connectivity index (χ4n) is 2.53. The number of aryl methyl sites for hydroxylation is 1. The van der Waals surface area contributed by atoms with Crippen LogP contribution in [0.25, 0.3) is 0 Å². The lowest BCUT2D eigenvalue weighted by atomic mass is 9.97. The van der Waals surface area contributed by atoms with E-state index in [1.54, 1.807) is 12.1 Å². The van der Waals surface area contributed by atoms with Crippen molar-refractivity contribution in [2.24, 2.45) is 5.92 Å². The largest absolute Gasteiger partial charge is 0.484 e. The van der Waals surface area contributed by atoms with Gasteiger partial charge in [0.2, 0.25) is 0 Å². The lowest BCUT2D eigenvalue weighted by Gasteiger charge is -2.21. The van der Waals surface area contributed by atoms with Crippen molar-refractivity contribution in [3.8, 4) is 5.75 Å². The number of benzene rings is 2. The van der Waals surface area contributed by atoms with Gasteiger partial charge in [0.05, 0.1) is 6.04 Å². The Morgan fingerprint density at radius 2 is 1.88 bits per heavy atom. The zero-order valence-electron chi connectivity index (χ0n) is 14.4. The van der Waals surface area contributed by atoms with Crippen LogP contribution in [-0.2, 0) is 4.79 Å². The van der Waals surface area contributed by atoms with E-state index >= 15 is 0 Å². The van der Waals surface area contributed by atoms with E-state index < -0.39 is 0 Å². The molecule has 0 fully saturated rings. The van der Waals surface area contributed by atoms with E-state index in [9.17, 15) is 4.79 Å². The summed E-state index contributed by atoms with van der Waals surface area (Å²) >= 11 is 5.99. The molecule has 0 heterocycles. The third kappa shape index (κ3) is 5.57. The molecule has 1 unspecified atom stereocenters. The zero-order valence-corrected chi connectivity index (χ0v) is 15.1. The molecule has 0 aromatic heterocycles. The summed E-state index contributed by atoms with van der Waals surface area (Å²) in [5, 5.41) is 3.76. The van der Waals surface area contributed by atoms with Crippen LogP contribution in [0.2, 0.25) is 5.02 Å². The number of hydrogen-bond acceptors (Lipinski definition) is 2. The second-order valence-corrected chi connectivity index (χ2v) is 6.77.